The van der Waals surface area contributed by atoms with Gasteiger partial charge < -0.3 is 10.6 Å². The highest BCUT2D eigenvalue weighted by molar-refractivity contribution is 5.42. The minimum atomic E-state index is 0.547. The number of aromatic nitrogens is 1. The topological polar surface area (TPSA) is 42.1 Å². The molecule has 0 fully saturated rings. The number of rotatable bonds is 5. The summed E-state index contributed by atoms with van der Waals surface area (Å²) >= 11 is 0. The Labute approximate surface area is 98.0 Å². The maximum absolute atomic E-state index is 5.62. The molecular formula is C13H21N3. The highest BCUT2D eigenvalue weighted by atomic mass is 15.2. The molecule has 1 heterocycles. The summed E-state index contributed by atoms with van der Waals surface area (Å²) in [5.74, 6) is 1.00. The van der Waals surface area contributed by atoms with Crippen LogP contribution in [0.5, 0.6) is 0 Å². The summed E-state index contributed by atoms with van der Waals surface area (Å²) in [5.41, 5.74) is 8.89. The van der Waals surface area contributed by atoms with Gasteiger partial charge in [0.2, 0.25) is 0 Å². The molecule has 0 saturated heterocycles. The SMILES string of the molecule is C=C(C)CN(CC)c1ccc(CN)c(C)n1. The summed E-state index contributed by atoms with van der Waals surface area (Å²) in [6.45, 7) is 12.4. The van der Waals surface area contributed by atoms with E-state index in [1.54, 1.807) is 0 Å². The van der Waals surface area contributed by atoms with Crippen LogP contribution in [0.4, 0.5) is 5.82 Å². The summed E-state index contributed by atoms with van der Waals surface area (Å²) in [6, 6.07) is 4.08. The molecule has 0 aliphatic rings. The number of likely N-dealkylation sites (N-methyl/N-ethyl adjacent to an activating group) is 1. The van der Waals surface area contributed by atoms with Crippen LogP contribution in [0, 0.1) is 6.92 Å². The third-order valence-electron chi connectivity index (χ3n) is 2.57. The van der Waals surface area contributed by atoms with Crippen LogP contribution >= 0.6 is 0 Å². The monoisotopic (exact) mass is 219 g/mol. The van der Waals surface area contributed by atoms with Crippen molar-refractivity contribution in [3.8, 4) is 0 Å². The summed E-state index contributed by atoms with van der Waals surface area (Å²) < 4.78 is 0. The smallest absolute Gasteiger partial charge is 0.129 e. The van der Waals surface area contributed by atoms with Crippen LogP contribution in [0.2, 0.25) is 0 Å². The van der Waals surface area contributed by atoms with Crippen LogP contribution in [0.3, 0.4) is 0 Å². The Bertz CT molecular complexity index is 371. The molecule has 0 spiro atoms. The van der Waals surface area contributed by atoms with Gasteiger partial charge in [-0.25, -0.2) is 4.98 Å². The molecule has 3 nitrogen and oxygen atoms in total. The number of pyridine rings is 1. The van der Waals surface area contributed by atoms with Crippen LogP contribution in [0.1, 0.15) is 25.1 Å². The number of nitrogens with two attached hydrogens (primary N) is 1. The Morgan fingerprint density at radius 2 is 2.19 bits per heavy atom. The van der Waals surface area contributed by atoms with Crippen molar-refractivity contribution in [2.45, 2.75) is 27.3 Å². The minimum absolute atomic E-state index is 0.547. The first-order valence-electron chi connectivity index (χ1n) is 5.64. The summed E-state index contributed by atoms with van der Waals surface area (Å²) in [6.07, 6.45) is 0. The molecular weight excluding hydrogens is 198 g/mol. The van der Waals surface area contributed by atoms with Gasteiger partial charge in [-0.3, -0.25) is 0 Å². The predicted octanol–water partition coefficient (Wildman–Crippen LogP) is 2.25. The molecule has 3 heteroatoms. The summed E-state index contributed by atoms with van der Waals surface area (Å²) in [5, 5.41) is 0. The van der Waals surface area contributed by atoms with E-state index in [0.717, 1.165) is 35.7 Å². The van der Waals surface area contributed by atoms with E-state index in [1.807, 2.05) is 19.9 Å². The van der Waals surface area contributed by atoms with E-state index in [9.17, 15) is 0 Å². The third-order valence-corrected chi connectivity index (χ3v) is 2.57. The molecule has 88 valence electrons. The standard InChI is InChI=1S/C13H21N3/c1-5-16(9-10(2)3)13-7-6-12(8-14)11(4)15-13/h6-7H,2,5,8-9,14H2,1,3-4H3. The molecule has 0 aromatic carbocycles. The third kappa shape index (κ3) is 3.07. The van der Waals surface area contributed by atoms with Gasteiger partial charge in [0, 0.05) is 25.3 Å². The Balaban J connectivity index is 2.93. The van der Waals surface area contributed by atoms with Gasteiger partial charge in [0.05, 0.1) is 0 Å². The largest absolute Gasteiger partial charge is 0.353 e. The Hall–Kier alpha value is -1.35. The molecule has 1 rings (SSSR count). The second kappa shape index (κ2) is 5.66. The molecule has 1 aromatic heterocycles. The lowest BCUT2D eigenvalue weighted by atomic mass is 10.2. The molecule has 0 bridgehead atoms. The number of anilines is 1. The fourth-order valence-corrected chi connectivity index (χ4v) is 1.65. The second-order valence-corrected chi connectivity index (χ2v) is 4.09. The van der Waals surface area contributed by atoms with Gasteiger partial charge in [-0.05, 0) is 32.4 Å². The number of aryl methyl sites for hydroxylation is 1. The molecule has 0 amide bonds. The van der Waals surface area contributed by atoms with Gasteiger partial charge >= 0.3 is 0 Å². The molecule has 0 atom stereocenters. The molecule has 1 aromatic rings. The molecule has 0 radical (unpaired) electrons. The lowest BCUT2D eigenvalue weighted by molar-refractivity contribution is 0.850. The molecule has 16 heavy (non-hydrogen) atoms. The zero-order valence-corrected chi connectivity index (χ0v) is 10.5. The molecule has 0 aliphatic heterocycles. The lowest BCUT2D eigenvalue weighted by Gasteiger charge is -2.22. The van der Waals surface area contributed by atoms with Gasteiger partial charge in [0.1, 0.15) is 5.82 Å². The first-order valence-corrected chi connectivity index (χ1v) is 5.64. The highest BCUT2D eigenvalue weighted by Crippen LogP contribution is 2.15. The minimum Gasteiger partial charge on any atom is -0.353 e. The maximum Gasteiger partial charge on any atom is 0.129 e. The zero-order chi connectivity index (χ0) is 12.1. The normalized spacial score (nSPS) is 10.2. The Morgan fingerprint density at radius 3 is 2.62 bits per heavy atom. The van der Waals surface area contributed by atoms with Crippen molar-refractivity contribution in [3.63, 3.8) is 0 Å². The van der Waals surface area contributed by atoms with E-state index >= 15 is 0 Å². The van der Waals surface area contributed by atoms with E-state index in [0.29, 0.717) is 6.54 Å². The average molecular weight is 219 g/mol. The Kier molecular flexibility index (Phi) is 4.50. The van der Waals surface area contributed by atoms with Gasteiger partial charge in [-0.1, -0.05) is 18.2 Å². The highest BCUT2D eigenvalue weighted by Gasteiger charge is 2.07. The molecule has 2 N–H and O–H groups in total. The van der Waals surface area contributed by atoms with E-state index < -0.39 is 0 Å². The van der Waals surface area contributed by atoms with Crippen LogP contribution < -0.4 is 10.6 Å². The molecule has 0 saturated carbocycles. The van der Waals surface area contributed by atoms with Gasteiger partial charge in [0.15, 0.2) is 0 Å². The van der Waals surface area contributed by atoms with Crippen molar-refractivity contribution in [3.05, 3.63) is 35.5 Å². The first kappa shape index (κ1) is 12.7. The van der Waals surface area contributed by atoms with E-state index in [4.69, 9.17) is 5.73 Å². The van der Waals surface area contributed by atoms with Gasteiger partial charge in [-0.15, -0.1) is 0 Å². The van der Waals surface area contributed by atoms with Crippen molar-refractivity contribution >= 4 is 5.82 Å². The first-order chi connectivity index (χ1) is 7.58. The van der Waals surface area contributed by atoms with Crippen molar-refractivity contribution in [1.82, 2.24) is 4.98 Å². The van der Waals surface area contributed by atoms with E-state index in [2.05, 4.69) is 29.5 Å². The summed E-state index contributed by atoms with van der Waals surface area (Å²) in [4.78, 5) is 6.78. The van der Waals surface area contributed by atoms with Crippen LogP contribution in [-0.2, 0) is 6.54 Å². The van der Waals surface area contributed by atoms with Crippen LogP contribution in [0.15, 0.2) is 24.3 Å². The van der Waals surface area contributed by atoms with Gasteiger partial charge in [-0.2, -0.15) is 0 Å². The number of hydrogen-bond donors (Lipinski definition) is 1. The zero-order valence-electron chi connectivity index (χ0n) is 10.5. The second-order valence-electron chi connectivity index (χ2n) is 4.09. The predicted molar refractivity (Wildman–Crippen MR) is 69.6 cm³/mol. The fourth-order valence-electron chi connectivity index (χ4n) is 1.65. The van der Waals surface area contributed by atoms with Crippen molar-refractivity contribution in [1.29, 1.82) is 0 Å². The van der Waals surface area contributed by atoms with Crippen molar-refractivity contribution in [2.75, 3.05) is 18.0 Å². The summed E-state index contributed by atoms with van der Waals surface area (Å²) in [7, 11) is 0. The lowest BCUT2D eigenvalue weighted by Crippen LogP contribution is -2.25. The molecule has 0 unspecified atom stereocenters. The molecule has 0 aliphatic carbocycles. The van der Waals surface area contributed by atoms with E-state index in [-0.39, 0.29) is 0 Å². The van der Waals surface area contributed by atoms with Crippen LogP contribution in [-0.4, -0.2) is 18.1 Å². The van der Waals surface area contributed by atoms with Gasteiger partial charge in [0.25, 0.3) is 0 Å². The van der Waals surface area contributed by atoms with Crippen molar-refractivity contribution in [2.24, 2.45) is 5.73 Å². The quantitative estimate of drug-likeness (QED) is 0.772. The fraction of sp³-hybridized carbons (Fsp3) is 0.462. The number of hydrogen-bond acceptors (Lipinski definition) is 3. The number of nitrogens with zero attached hydrogens (tertiary/aromatic N) is 2. The Morgan fingerprint density at radius 1 is 1.50 bits per heavy atom. The maximum atomic E-state index is 5.62. The average Bonchev–Trinajstić information content (AvgIpc) is 2.25. The van der Waals surface area contributed by atoms with Crippen molar-refractivity contribution < 1.29 is 0 Å². The van der Waals surface area contributed by atoms with E-state index in [1.165, 1.54) is 0 Å². The van der Waals surface area contributed by atoms with Crippen LogP contribution in [0.25, 0.3) is 0 Å².